The molecule has 21 rings (SSSR count). The topological polar surface area (TPSA) is 311 Å². The Hall–Kier alpha value is -16.7. The molecule has 0 spiro atoms. The summed E-state index contributed by atoms with van der Waals surface area (Å²) in [7, 11) is 0. The normalized spacial score (nSPS) is 11.0. The van der Waals surface area contributed by atoms with E-state index in [-0.39, 0.29) is 29.7 Å². The molecule has 0 amide bonds. The highest BCUT2D eigenvalue weighted by Gasteiger charge is 2.15. The molecule has 25 nitrogen and oxygen atoms in total. The van der Waals surface area contributed by atoms with Crippen LogP contribution in [0.5, 0.6) is 23.0 Å². The average molecular weight is 1710 g/mol. The molecule has 1 unspecified atom stereocenters. The van der Waals surface area contributed by atoms with Crippen LogP contribution in [-0.2, 0) is 52.2 Å². The van der Waals surface area contributed by atoms with Crippen LogP contribution in [0.25, 0.3) is 100 Å². The first kappa shape index (κ1) is 88.6. The largest absolute Gasteiger partial charge is 0.487 e. The van der Waals surface area contributed by atoms with E-state index in [0.29, 0.717) is 55.6 Å². The summed E-state index contributed by atoms with van der Waals surface area (Å²) in [5.41, 5.74) is 21.0. The van der Waals surface area contributed by atoms with Crippen LogP contribution in [0.4, 0.5) is 0 Å². The average Bonchev–Trinajstić information content (AvgIpc) is 1.38. The number of benzene rings is 12. The van der Waals surface area contributed by atoms with Gasteiger partial charge in [-0.15, -0.1) is 40.8 Å². The third-order valence-corrected chi connectivity index (χ3v) is 21.0. The first-order valence-electron chi connectivity index (χ1n) is 40.8. The van der Waals surface area contributed by atoms with Crippen molar-refractivity contribution in [3.63, 3.8) is 0 Å². The number of pyridine rings is 4. The number of tetrazole rings is 4. The summed E-state index contributed by atoms with van der Waals surface area (Å²) in [4.78, 5) is 18.7. The van der Waals surface area contributed by atoms with Crippen LogP contribution in [0.1, 0.15) is 104 Å². The zero-order valence-corrected chi connectivity index (χ0v) is 67.9. The van der Waals surface area contributed by atoms with Crippen molar-refractivity contribution in [3.8, 4) is 68.5 Å². The number of H-pyrrole nitrogens is 4. The lowest BCUT2D eigenvalue weighted by Crippen LogP contribution is -2.01. The molecular formula is C104H97N21O4. The molecule has 1 atom stereocenters. The van der Waals surface area contributed by atoms with Gasteiger partial charge in [0.25, 0.3) is 0 Å². The maximum atomic E-state index is 6.05. The number of ether oxygens (including phenoxy) is 4. The van der Waals surface area contributed by atoms with Crippen LogP contribution in [0.3, 0.4) is 0 Å². The Labute approximate surface area is 747 Å². The summed E-state index contributed by atoms with van der Waals surface area (Å²) in [6, 6.07) is 115. The van der Waals surface area contributed by atoms with Crippen molar-refractivity contribution in [3.05, 3.63) is 408 Å². The molecule has 0 saturated carbocycles. The Kier molecular flexibility index (Phi) is 29.6. The van der Waals surface area contributed by atoms with Gasteiger partial charge in [0.05, 0.1) is 44.8 Å². The van der Waals surface area contributed by atoms with Crippen LogP contribution < -0.4 is 18.9 Å². The van der Waals surface area contributed by atoms with Crippen molar-refractivity contribution < 1.29 is 18.9 Å². The highest BCUT2D eigenvalue weighted by molar-refractivity contribution is 5.83. The number of hydrogen-bond acceptors (Lipinski definition) is 20. The van der Waals surface area contributed by atoms with E-state index in [0.717, 1.165) is 154 Å². The smallest absolute Gasteiger partial charge is 0.204 e. The summed E-state index contributed by atoms with van der Waals surface area (Å²) in [6.07, 6.45) is 4.67. The second-order valence-corrected chi connectivity index (χ2v) is 29.9. The van der Waals surface area contributed by atoms with Crippen molar-refractivity contribution >= 4 is 54.5 Å². The van der Waals surface area contributed by atoms with Gasteiger partial charge < -0.3 is 23.5 Å². The summed E-state index contributed by atoms with van der Waals surface area (Å²) in [6.45, 7) is 4.73. The van der Waals surface area contributed by atoms with Crippen molar-refractivity contribution in [2.45, 2.75) is 94.8 Å². The van der Waals surface area contributed by atoms with E-state index >= 15 is 0 Å². The molecule has 0 aliphatic rings. The summed E-state index contributed by atoms with van der Waals surface area (Å²) < 4.78 is 26.2. The molecule has 0 bridgehead atoms. The Morgan fingerprint density at radius 2 is 0.643 bits per heavy atom. The van der Waals surface area contributed by atoms with Crippen LogP contribution in [-0.4, -0.2) is 107 Å². The van der Waals surface area contributed by atoms with E-state index in [1.807, 2.05) is 188 Å². The van der Waals surface area contributed by atoms with Gasteiger partial charge in [-0.3, -0.25) is 0 Å². The fourth-order valence-corrected chi connectivity index (χ4v) is 14.6. The number of aromatic amines is 4. The number of fused-ring (bicyclic) bond motifs is 5. The maximum Gasteiger partial charge on any atom is 0.204 e. The molecule has 9 heterocycles. The number of hydrogen-bond donors (Lipinski definition) is 4. The lowest BCUT2D eigenvalue weighted by atomic mass is 9.92. The number of nitrogens with zero attached hydrogens (tertiary/aromatic N) is 17. The molecule has 129 heavy (non-hydrogen) atoms. The molecule has 0 radical (unpaired) electrons. The van der Waals surface area contributed by atoms with Crippen molar-refractivity contribution in [1.82, 2.24) is 107 Å². The van der Waals surface area contributed by atoms with Crippen molar-refractivity contribution in [2.75, 3.05) is 0 Å². The second kappa shape index (κ2) is 43.1. The van der Waals surface area contributed by atoms with E-state index in [1.54, 1.807) is 0 Å². The molecule has 0 saturated heterocycles. The van der Waals surface area contributed by atoms with Crippen LogP contribution >= 0.6 is 0 Å². The van der Waals surface area contributed by atoms with Crippen LogP contribution in [0.2, 0.25) is 0 Å². The standard InChI is InChI=1S/C26H20N6O.C26H23N5O.2C24H19N5O.4CH4/c1-2-7-24-19(5-1)8-9-22(27-24)17-33-23-10-11-25-20(15-23)12-13-32(25)16-18-4-3-6-21(14-18)26-28-30-31-29-26;1-18(21-8-5-9-22(16-21)26-28-30-31-29-26)14-19-6-4-10-24(15-19)32-17-23-13-12-20-7-2-3-11-25(20)27-23;1-2-7-23-19(5-1)10-11-21(25-23)16-30-22-12-8-17(9-13-22)14-18-4-3-6-20(15-18)24-26-28-29-27-24;1-2-4-23-19(3-1)11-12-21(25-23)16-30-22-13-7-18(8-14-22)15-17-5-9-20(10-6-17)24-26-28-29-27-24;;;;/h1-15H,16-17H2,(H,28,29,30,31);2-13,15-16,18H,14,17H2,1H3,(H,28,29,30,31);1-13,15H,14,16H2,(H,26,27,28,29);1-14H,15-16H2,(H,26,27,28,29);4*1H4. The van der Waals surface area contributed by atoms with Crippen LogP contribution in [0, 0.1) is 0 Å². The number of aromatic nitrogens is 21. The maximum absolute atomic E-state index is 6.05. The third kappa shape index (κ3) is 23.2. The number of para-hydroxylation sites is 4. The fourth-order valence-electron chi connectivity index (χ4n) is 14.6. The van der Waals surface area contributed by atoms with Gasteiger partial charge in [-0.25, -0.2) is 19.9 Å². The van der Waals surface area contributed by atoms with E-state index in [1.165, 1.54) is 33.4 Å². The van der Waals surface area contributed by atoms with Crippen molar-refractivity contribution in [2.24, 2.45) is 0 Å². The highest BCUT2D eigenvalue weighted by Crippen LogP contribution is 2.31. The first-order chi connectivity index (χ1) is 61.7. The minimum atomic E-state index is 0. The Morgan fingerprint density at radius 1 is 0.279 bits per heavy atom. The molecule has 25 heteroatoms. The molecule has 0 aliphatic carbocycles. The van der Waals surface area contributed by atoms with E-state index in [9.17, 15) is 0 Å². The molecule has 0 aliphatic heterocycles. The van der Waals surface area contributed by atoms with Gasteiger partial charge in [0.1, 0.15) is 49.4 Å². The SMILES string of the molecule is C.C.C.C.CC(Cc1cccc(OCc2ccc3ccccc3n2)c1)c1cccc(-c2nn[nH]n2)c1.c1cc(Cc2ccc(OCc3ccc4ccccc4n3)cc2)cc(-c2nn[nH]n2)c1.c1cc(Cn2ccc3cc(OCc4ccc5ccccc5n4)ccc32)cc(-c2nn[nH]n2)c1.c1ccc2nc(COc3ccc(Cc4ccc(-c5nn[nH]n5)cc4)cc3)ccc2c1. The zero-order valence-electron chi connectivity index (χ0n) is 67.9. The van der Waals surface area contributed by atoms with Gasteiger partial charge in [0.15, 0.2) is 0 Å². The number of rotatable bonds is 25. The summed E-state index contributed by atoms with van der Waals surface area (Å²) in [5.74, 6) is 6.08. The molecular weight excluding hydrogens is 1610 g/mol. The molecule has 642 valence electrons. The Bertz CT molecular complexity index is 7100. The predicted molar refractivity (Wildman–Crippen MR) is 508 cm³/mol. The first-order valence-corrected chi connectivity index (χ1v) is 40.8. The second-order valence-electron chi connectivity index (χ2n) is 29.9. The summed E-state index contributed by atoms with van der Waals surface area (Å²) in [5, 5.41) is 62.5. The molecule has 21 aromatic rings. The van der Waals surface area contributed by atoms with Gasteiger partial charge in [-0.05, 0) is 212 Å². The van der Waals surface area contributed by atoms with Crippen LogP contribution in [0.15, 0.2) is 346 Å². The molecule has 0 fully saturated rings. The van der Waals surface area contributed by atoms with Gasteiger partial charge in [0, 0.05) is 67.4 Å². The lowest BCUT2D eigenvalue weighted by Gasteiger charge is -2.14. The van der Waals surface area contributed by atoms with Gasteiger partial charge in [-0.1, -0.05) is 249 Å². The lowest BCUT2D eigenvalue weighted by molar-refractivity contribution is 0.301. The highest BCUT2D eigenvalue weighted by atomic mass is 16.5. The van der Waals surface area contributed by atoms with Gasteiger partial charge >= 0.3 is 0 Å². The van der Waals surface area contributed by atoms with E-state index in [4.69, 9.17) is 18.9 Å². The van der Waals surface area contributed by atoms with E-state index in [2.05, 4.69) is 272 Å². The molecule has 4 N–H and O–H groups in total. The fraction of sp³-hybridized carbons (Fsp3) is 0.135. The predicted octanol–water partition coefficient (Wildman–Crippen LogP) is 22.1. The van der Waals surface area contributed by atoms with Gasteiger partial charge in [0.2, 0.25) is 23.3 Å². The Morgan fingerprint density at radius 3 is 1.09 bits per heavy atom. The van der Waals surface area contributed by atoms with E-state index < -0.39 is 0 Å². The zero-order chi connectivity index (χ0) is 84.1. The van der Waals surface area contributed by atoms with Crippen molar-refractivity contribution in [1.29, 1.82) is 0 Å². The molecule has 12 aromatic carbocycles. The monoisotopic (exact) mass is 1700 g/mol. The molecule has 9 aromatic heterocycles. The number of nitrogens with one attached hydrogen (secondary N) is 4. The van der Waals surface area contributed by atoms with Gasteiger partial charge in [-0.2, -0.15) is 20.9 Å². The quantitative estimate of drug-likeness (QED) is 0.0413. The third-order valence-electron chi connectivity index (χ3n) is 21.0. The Balaban J connectivity index is 0.000000138. The minimum Gasteiger partial charge on any atom is -0.487 e. The minimum absolute atomic E-state index is 0. The summed E-state index contributed by atoms with van der Waals surface area (Å²) >= 11 is 0.